The molecule has 3 fully saturated rings. The third-order valence-electron chi connectivity index (χ3n) is 11.1. The lowest BCUT2D eigenvalue weighted by Gasteiger charge is -2.45. The summed E-state index contributed by atoms with van der Waals surface area (Å²) < 4.78 is 51.7. The van der Waals surface area contributed by atoms with E-state index < -0.39 is 123 Å². The number of benzene rings is 3. The highest BCUT2D eigenvalue weighted by Gasteiger charge is 2.52. The van der Waals surface area contributed by atoms with E-state index in [-0.39, 0.29) is 51.4 Å². The molecule has 7 rings (SSSR count). The highest BCUT2D eigenvalue weighted by molar-refractivity contribution is 5.88. The van der Waals surface area contributed by atoms with Crippen LogP contribution in [0.3, 0.4) is 0 Å². The molecule has 0 unspecified atom stereocenters. The van der Waals surface area contributed by atoms with Crippen LogP contribution in [0.1, 0.15) is 5.56 Å². The number of carbonyl (C=O) groups excluding carboxylic acids is 1. The second-order valence-corrected chi connectivity index (χ2v) is 15.5. The van der Waals surface area contributed by atoms with Crippen LogP contribution in [-0.2, 0) is 23.7 Å². The Bertz CT molecular complexity index is 2330. The summed E-state index contributed by atoms with van der Waals surface area (Å²) in [4.78, 5) is 23.4. The van der Waals surface area contributed by atoms with Gasteiger partial charge in [0.05, 0.1) is 32.0 Å². The molecule has 5 aliphatic rings. The Kier molecular flexibility index (Phi) is 15.1. The molecule has 23 heteroatoms. The number of ether oxygens (including phenoxy) is 8. The van der Waals surface area contributed by atoms with Crippen LogP contribution in [0.5, 0.6) is 28.7 Å². The van der Waals surface area contributed by atoms with Crippen LogP contribution in [-0.4, -0.2) is 191 Å². The van der Waals surface area contributed by atoms with Gasteiger partial charge in [-0.3, -0.25) is 4.79 Å². The Labute approximate surface area is 372 Å². The van der Waals surface area contributed by atoms with Crippen LogP contribution in [0.2, 0.25) is 0 Å². The van der Waals surface area contributed by atoms with Crippen molar-refractivity contribution in [3.8, 4) is 51.4 Å². The number of aromatic hydroxyl groups is 2. The lowest BCUT2D eigenvalue weighted by molar-refractivity contribution is -0.357. The minimum atomic E-state index is -2.04. The summed E-state index contributed by atoms with van der Waals surface area (Å²) in [5.41, 5.74) is -0.0266. The maximum Gasteiger partial charge on any atom is 0.510 e. The molecule has 0 saturated carbocycles. The number of aliphatic hydroxyl groups excluding tert-OH is 10. The average Bonchev–Trinajstić information content (AvgIpc) is 3.30. The van der Waals surface area contributed by atoms with Crippen LogP contribution in [0, 0.1) is 0 Å². The number of hydrogen-bond acceptors (Lipinski definition) is 22. The van der Waals surface area contributed by atoms with Crippen LogP contribution >= 0.6 is 0 Å². The van der Waals surface area contributed by atoms with Crippen molar-refractivity contribution >= 4 is 12.0 Å². The van der Waals surface area contributed by atoms with E-state index >= 15 is 0 Å². The number of hydrogen-bond donors (Lipinski definition) is 12. The largest absolute Gasteiger partial charge is 0.510 e. The molecule has 4 heterocycles. The first-order valence-corrected chi connectivity index (χ1v) is 20.3. The molecule has 23 nitrogen and oxygen atoms in total. The fourth-order valence-corrected chi connectivity index (χ4v) is 7.37. The monoisotopic (exact) mass is 933 g/mol. The summed E-state index contributed by atoms with van der Waals surface area (Å²) >= 11 is 0. The molecular weight excluding hydrogens is 884 g/mol. The Hall–Kier alpha value is -5.48. The standard InChI is InChI=1S/C43H48O23/c1-58-25-10-17(2-8-22(25)48)3-9-30(49)59-16-29-33(52)35(54)38(57)42(65-29)66-40-36(55)32(51)28(15-45)64-43(40)62-26-13-21-23(60-39(26)18-4-6-19(46)7-5-18)11-20(47)12-24(21)61-41-37(56)34(53)31(50)27(14-44)63-41/h2-13,27-29,31-38,40-46,48,50-57H,14-16H2,1H3/p+1/t27-,28-,29-,31-,32-,33-,34+,35+,36+,37-,38+,40-,41-,42+,43-/m1/s1. The van der Waals surface area contributed by atoms with Crippen molar-refractivity contribution in [3.05, 3.63) is 82.5 Å². The summed E-state index contributed by atoms with van der Waals surface area (Å²) in [5.74, 6) is -1.72. The number of rotatable bonds is 14. The van der Waals surface area contributed by atoms with Gasteiger partial charge in [0.1, 0.15) is 84.4 Å². The minimum absolute atomic E-state index is 0.0552. The smallest absolute Gasteiger partial charge is 0.508 e. The molecule has 0 aromatic heterocycles. The van der Waals surface area contributed by atoms with E-state index in [9.17, 15) is 70.9 Å². The third-order valence-corrected chi connectivity index (χ3v) is 11.1. The van der Waals surface area contributed by atoms with E-state index in [1.165, 1.54) is 61.7 Å². The fourth-order valence-electron chi connectivity index (χ4n) is 7.37. The van der Waals surface area contributed by atoms with Gasteiger partial charge in [-0.05, 0) is 54.1 Å². The van der Waals surface area contributed by atoms with E-state index in [0.717, 1.165) is 18.2 Å². The molecule has 2 aromatic rings. The topological polar surface area (TPSA) is 368 Å². The van der Waals surface area contributed by atoms with Crippen molar-refractivity contribution in [1.29, 1.82) is 0 Å². The van der Waals surface area contributed by atoms with E-state index in [4.69, 9.17) is 42.3 Å². The van der Waals surface area contributed by atoms with E-state index in [1.807, 2.05) is 0 Å². The Morgan fingerprint density at radius 2 is 1.27 bits per heavy atom. The number of phenolic OH excluding ortho intramolecular Hbond substituents is 2. The van der Waals surface area contributed by atoms with Gasteiger partial charge in [0.2, 0.25) is 19.2 Å². The van der Waals surface area contributed by atoms with Crippen LogP contribution in [0.25, 0.3) is 28.7 Å². The molecular formula is C43H49O23+. The van der Waals surface area contributed by atoms with Gasteiger partial charge in [0, 0.05) is 17.7 Å². The third kappa shape index (κ3) is 10.2. The van der Waals surface area contributed by atoms with E-state index in [1.54, 1.807) is 0 Å². The quantitative estimate of drug-likeness (QED) is 0.0346. The molecule has 0 amide bonds. The van der Waals surface area contributed by atoms with Crippen LogP contribution in [0.4, 0.5) is 0 Å². The fraction of sp³-hybridized carbons (Fsp3) is 0.442. The molecule has 0 spiro atoms. The van der Waals surface area contributed by atoms with Crippen LogP contribution < -0.4 is 19.6 Å². The summed E-state index contributed by atoms with van der Waals surface area (Å²) in [7, 11) is 1.35. The number of phenols is 2. The zero-order chi connectivity index (χ0) is 47.6. The van der Waals surface area contributed by atoms with E-state index in [2.05, 4.69) is 0 Å². The molecule has 66 heavy (non-hydrogen) atoms. The molecule has 1 aliphatic carbocycles. The van der Waals surface area contributed by atoms with Gasteiger partial charge in [0.25, 0.3) is 0 Å². The SMILES string of the molecule is COc1cc(C=CC(=[OH+])OC[C@H]2O[C@@H](O[C@H]3[C@H](Oc4cc5c(O[C@@H]6O[C@H](CO)[C@@H](O)[C@H](O)[C@H]6O)cc(=O)cc-5oc4-c4ccc(O)cc4)O[C@H](CO)[C@@H](O)[C@@H]3O)[C@@H](O)[C@@H](O)[C@@H]2O)ccc1O. The second-order valence-electron chi connectivity index (χ2n) is 15.5. The summed E-state index contributed by atoms with van der Waals surface area (Å²) in [6, 6.07) is 13.0. The van der Waals surface area contributed by atoms with Gasteiger partial charge in [-0.2, -0.15) is 0 Å². The average molecular weight is 934 g/mol. The molecule has 13 N–H and O–H groups in total. The first kappa shape index (κ1) is 48.5. The van der Waals surface area contributed by atoms with Crippen molar-refractivity contribution in [2.75, 3.05) is 26.9 Å². The van der Waals surface area contributed by atoms with Gasteiger partial charge < -0.3 is 108 Å². The van der Waals surface area contributed by atoms with Crippen molar-refractivity contribution in [3.63, 3.8) is 0 Å². The first-order chi connectivity index (χ1) is 31.5. The normalized spacial score (nSPS) is 32.6. The second kappa shape index (κ2) is 20.6. The predicted molar refractivity (Wildman–Crippen MR) is 220 cm³/mol. The number of fused-ring (bicyclic) bond motifs is 1. The van der Waals surface area contributed by atoms with Gasteiger partial charge in [0.15, 0.2) is 40.8 Å². The Balaban J connectivity index is 1.18. The molecule has 0 bridgehead atoms. The highest BCUT2D eigenvalue weighted by Crippen LogP contribution is 2.43. The Morgan fingerprint density at radius 3 is 1.94 bits per heavy atom. The maximum absolute atomic E-state index is 13.0. The van der Waals surface area contributed by atoms with E-state index in [0.29, 0.717) is 5.56 Å². The zero-order valence-electron chi connectivity index (χ0n) is 34.6. The summed E-state index contributed by atoms with van der Waals surface area (Å²) in [6.07, 6.45) is -24.5. The number of methoxy groups -OCH3 is 1. The van der Waals surface area contributed by atoms with Crippen molar-refractivity contribution in [2.24, 2.45) is 0 Å². The van der Waals surface area contributed by atoms with Gasteiger partial charge in [-0.25, -0.2) is 0 Å². The predicted octanol–water partition coefficient (Wildman–Crippen LogP) is -2.75. The zero-order valence-corrected chi connectivity index (χ0v) is 34.6. The number of aliphatic hydroxyl groups is 10. The molecule has 4 aliphatic heterocycles. The molecule has 358 valence electrons. The minimum Gasteiger partial charge on any atom is -0.508 e. The van der Waals surface area contributed by atoms with Crippen molar-refractivity contribution in [1.82, 2.24) is 0 Å². The highest BCUT2D eigenvalue weighted by atomic mass is 16.8. The molecule has 3 saturated heterocycles. The molecule has 2 aromatic carbocycles. The lowest BCUT2D eigenvalue weighted by atomic mass is 9.97. The summed E-state index contributed by atoms with van der Waals surface area (Å²) in [5, 5.41) is 126. The Morgan fingerprint density at radius 1 is 0.667 bits per heavy atom. The molecule has 15 atom stereocenters. The van der Waals surface area contributed by atoms with Crippen LogP contribution in [0.15, 0.2) is 76.0 Å². The first-order valence-electron chi connectivity index (χ1n) is 20.3. The van der Waals surface area contributed by atoms with Gasteiger partial charge in [-0.1, -0.05) is 6.07 Å². The van der Waals surface area contributed by atoms with Gasteiger partial charge >= 0.3 is 5.97 Å². The molecule has 0 radical (unpaired) electrons. The number of esters is 1. The summed E-state index contributed by atoms with van der Waals surface area (Å²) in [6.45, 7) is -2.30. The maximum atomic E-state index is 13.0. The van der Waals surface area contributed by atoms with Crippen molar-refractivity contribution < 1.29 is 108 Å². The van der Waals surface area contributed by atoms with Crippen molar-refractivity contribution in [2.45, 2.75) is 92.1 Å². The van der Waals surface area contributed by atoms with Gasteiger partial charge in [-0.15, -0.1) is 0 Å². The lowest BCUT2D eigenvalue weighted by Crippen LogP contribution is -2.65.